The van der Waals surface area contributed by atoms with Crippen molar-refractivity contribution in [2.75, 3.05) is 49.6 Å². The first-order valence-corrected chi connectivity index (χ1v) is 13.8. The Kier molecular flexibility index (Phi) is 6.90. The van der Waals surface area contributed by atoms with Crippen LogP contribution in [0.4, 0.5) is 11.4 Å². The zero-order valence-corrected chi connectivity index (χ0v) is 20.4. The van der Waals surface area contributed by atoms with Crippen LogP contribution in [0.15, 0.2) is 41.3 Å². The number of carbonyl (C=O) groups is 1. The van der Waals surface area contributed by atoms with E-state index >= 15 is 0 Å². The molecule has 8 heteroatoms. The molecule has 0 bridgehead atoms. The van der Waals surface area contributed by atoms with Gasteiger partial charge in [-0.05, 0) is 67.0 Å². The summed E-state index contributed by atoms with van der Waals surface area (Å²) in [4.78, 5) is 15.4. The number of nitrogens with zero attached hydrogens (tertiary/aromatic N) is 2. The van der Waals surface area contributed by atoms with E-state index in [1.807, 2.05) is 12.1 Å². The van der Waals surface area contributed by atoms with Gasteiger partial charge in [0.15, 0.2) is 0 Å². The molecular formula is C26H33N3O4S. The average molecular weight is 484 g/mol. The van der Waals surface area contributed by atoms with Gasteiger partial charge in [-0.2, -0.15) is 4.31 Å². The zero-order valence-electron chi connectivity index (χ0n) is 19.6. The molecule has 0 radical (unpaired) electrons. The molecule has 1 amide bonds. The van der Waals surface area contributed by atoms with Gasteiger partial charge in [-0.3, -0.25) is 4.79 Å². The quantitative estimate of drug-likeness (QED) is 0.682. The summed E-state index contributed by atoms with van der Waals surface area (Å²) >= 11 is 0. The summed E-state index contributed by atoms with van der Waals surface area (Å²) in [6.07, 6.45) is 6.45. The lowest BCUT2D eigenvalue weighted by atomic mass is 10.0. The molecule has 2 saturated heterocycles. The number of sulfonamides is 1. The van der Waals surface area contributed by atoms with Crippen molar-refractivity contribution in [1.29, 1.82) is 0 Å². The van der Waals surface area contributed by atoms with Crippen LogP contribution in [-0.2, 0) is 38.8 Å². The van der Waals surface area contributed by atoms with E-state index in [0.717, 1.165) is 43.4 Å². The number of morpholine rings is 1. The second-order valence-electron chi connectivity index (χ2n) is 9.42. The number of benzene rings is 2. The lowest BCUT2D eigenvalue weighted by Gasteiger charge is -2.31. The highest BCUT2D eigenvalue weighted by Gasteiger charge is 2.28. The molecule has 2 fully saturated rings. The molecule has 0 unspecified atom stereocenters. The number of rotatable bonds is 6. The van der Waals surface area contributed by atoms with E-state index in [2.05, 4.69) is 22.3 Å². The number of ether oxygens (including phenoxy) is 1. The highest BCUT2D eigenvalue weighted by atomic mass is 32.2. The number of carbonyl (C=O) groups excluding carboxylic acids is 1. The fourth-order valence-corrected chi connectivity index (χ4v) is 6.77. The normalized spacial score (nSPS) is 19.1. The Morgan fingerprint density at radius 3 is 2.44 bits per heavy atom. The number of hydrogen-bond acceptors (Lipinski definition) is 5. The summed E-state index contributed by atoms with van der Waals surface area (Å²) < 4.78 is 33.6. The number of piperidine rings is 1. The average Bonchev–Trinajstić information content (AvgIpc) is 3.33. The van der Waals surface area contributed by atoms with Crippen LogP contribution in [0.5, 0.6) is 0 Å². The lowest BCUT2D eigenvalue weighted by Crippen LogP contribution is -2.37. The summed E-state index contributed by atoms with van der Waals surface area (Å²) in [5, 5.41) is 3.04. The smallest absolute Gasteiger partial charge is 0.243 e. The minimum Gasteiger partial charge on any atom is -0.378 e. The molecule has 2 heterocycles. The highest BCUT2D eigenvalue weighted by Crippen LogP contribution is 2.32. The predicted octanol–water partition coefficient (Wildman–Crippen LogP) is 3.37. The van der Waals surface area contributed by atoms with Crippen LogP contribution in [0, 0.1) is 0 Å². The fraction of sp³-hybridized carbons (Fsp3) is 0.500. The molecule has 0 saturated carbocycles. The van der Waals surface area contributed by atoms with Crippen molar-refractivity contribution in [2.24, 2.45) is 0 Å². The van der Waals surface area contributed by atoms with Gasteiger partial charge in [-0.1, -0.05) is 24.6 Å². The van der Waals surface area contributed by atoms with Gasteiger partial charge in [0.05, 0.1) is 35.9 Å². The topological polar surface area (TPSA) is 79.0 Å². The zero-order chi connectivity index (χ0) is 23.5. The molecule has 0 spiro atoms. The first-order chi connectivity index (χ1) is 16.5. The second kappa shape index (κ2) is 10.1. The van der Waals surface area contributed by atoms with E-state index in [9.17, 15) is 13.2 Å². The van der Waals surface area contributed by atoms with Gasteiger partial charge in [-0.15, -0.1) is 0 Å². The van der Waals surface area contributed by atoms with Crippen LogP contribution < -0.4 is 10.2 Å². The molecule has 2 aromatic rings. The maximum Gasteiger partial charge on any atom is 0.243 e. The van der Waals surface area contributed by atoms with E-state index in [-0.39, 0.29) is 17.2 Å². The summed E-state index contributed by atoms with van der Waals surface area (Å²) in [6, 6.07) is 11.4. The second-order valence-corrected chi connectivity index (χ2v) is 11.4. The number of fused-ring (bicyclic) bond motifs is 1. The lowest BCUT2D eigenvalue weighted by molar-refractivity contribution is -0.115. The molecule has 1 aliphatic carbocycles. The molecule has 0 aromatic heterocycles. The maximum absolute atomic E-state index is 13.3. The summed E-state index contributed by atoms with van der Waals surface area (Å²) in [5.41, 5.74) is 5.10. The van der Waals surface area contributed by atoms with Crippen molar-refractivity contribution < 1.29 is 17.9 Å². The third-order valence-electron chi connectivity index (χ3n) is 7.07. The van der Waals surface area contributed by atoms with Crippen LogP contribution in [0.3, 0.4) is 0 Å². The van der Waals surface area contributed by atoms with Gasteiger partial charge in [0.25, 0.3) is 0 Å². The number of anilines is 2. The first-order valence-electron chi connectivity index (χ1n) is 12.4. The van der Waals surface area contributed by atoms with Crippen molar-refractivity contribution in [2.45, 2.75) is 49.8 Å². The molecule has 34 heavy (non-hydrogen) atoms. The maximum atomic E-state index is 13.3. The predicted molar refractivity (Wildman–Crippen MR) is 133 cm³/mol. The molecule has 2 aliphatic heterocycles. The Bertz CT molecular complexity index is 1150. The summed E-state index contributed by atoms with van der Waals surface area (Å²) in [5.74, 6) is -0.139. The third-order valence-corrected chi connectivity index (χ3v) is 8.97. The molecule has 3 aliphatic rings. The Balaban J connectivity index is 1.40. The molecule has 2 aromatic carbocycles. The molecule has 7 nitrogen and oxygen atoms in total. The van der Waals surface area contributed by atoms with E-state index in [4.69, 9.17) is 4.74 Å². The molecule has 182 valence electrons. The van der Waals surface area contributed by atoms with E-state index in [1.54, 1.807) is 16.4 Å². The highest BCUT2D eigenvalue weighted by molar-refractivity contribution is 7.89. The van der Waals surface area contributed by atoms with Gasteiger partial charge in [0.1, 0.15) is 0 Å². The molecule has 1 N–H and O–H groups in total. The van der Waals surface area contributed by atoms with Gasteiger partial charge in [0, 0.05) is 26.2 Å². The van der Waals surface area contributed by atoms with Gasteiger partial charge < -0.3 is 15.0 Å². The summed E-state index contributed by atoms with van der Waals surface area (Å²) in [7, 11) is -3.59. The van der Waals surface area contributed by atoms with Crippen molar-refractivity contribution >= 4 is 27.3 Å². The van der Waals surface area contributed by atoms with Crippen molar-refractivity contribution in [3.8, 4) is 0 Å². The molecular weight excluding hydrogens is 450 g/mol. The van der Waals surface area contributed by atoms with E-state index in [1.165, 1.54) is 17.5 Å². The minimum atomic E-state index is -3.59. The molecule has 5 rings (SSSR count). The number of aryl methyl sites for hydroxylation is 2. The van der Waals surface area contributed by atoms with Gasteiger partial charge >= 0.3 is 0 Å². The van der Waals surface area contributed by atoms with Crippen molar-refractivity contribution in [1.82, 2.24) is 4.31 Å². The standard InChI is InChI=1S/C26H33N3O4S/c30-26(18-20-7-8-21-5-4-6-22(21)17-20)27-24-19-23(34(31,32)29-11-2-1-3-12-29)9-10-25(24)28-13-15-33-16-14-28/h7-10,17,19H,1-6,11-16,18H2,(H,27,30). The van der Waals surface area contributed by atoms with E-state index in [0.29, 0.717) is 45.1 Å². The third kappa shape index (κ3) is 4.99. The van der Waals surface area contributed by atoms with Crippen LogP contribution >= 0.6 is 0 Å². The van der Waals surface area contributed by atoms with Crippen LogP contribution in [-0.4, -0.2) is 58.0 Å². The van der Waals surface area contributed by atoms with Crippen LogP contribution in [0.1, 0.15) is 42.4 Å². The SMILES string of the molecule is O=C(Cc1ccc2c(c1)CCC2)Nc1cc(S(=O)(=O)N2CCCCC2)ccc1N1CCOCC1. The number of hydrogen-bond donors (Lipinski definition) is 1. The van der Waals surface area contributed by atoms with Crippen molar-refractivity contribution in [3.05, 3.63) is 53.1 Å². The van der Waals surface area contributed by atoms with E-state index < -0.39 is 10.0 Å². The largest absolute Gasteiger partial charge is 0.378 e. The molecule has 0 atom stereocenters. The Labute approximate surface area is 202 Å². The Morgan fingerprint density at radius 1 is 0.882 bits per heavy atom. The van der Waals surface area contributed by atoms with Gasteiger partial charge in [-0.25, -0.2) is 8.42 Å². The summed E-state index contributed by atoms with van der Waals surface area (Å²) in [6.45, 7) is 3.71. The van der Waals surface area contributed by atoms with Gasteiger partial charge in [0.2, 0.25) is 15.9 Å². The van der Waals surface area contributed by atoms with Crippen LogP contribution in [0.25, 0.3) is 0 Å². The number of amides is 1. The monoisotopic (exact) mass is 483 g/mol. The number of nitrogens with one attached hydrogen (secondary N) is 1. The Hall–Kier alpha value is -2.42. The first kappa shape index (κ1) is 23.3. The Morgan fingerprint density at radius 2 is 1.65 bits per heavy atom. The van der Waals surface area contributed by atoms with Crippen molar-refractivity contribution in [3.63, 3.8) is 0 Å². The fourth-order valence-electron chi connectivity index (χ4n) is 5.22. The minimum absolute atomic E-state index is 0.139. The van der Waals surface area contributed by atoms with Crippen LogP contribution in [0.2, 0.25) is 0 Å².